The smallest absolute Gasteiger partial charge is 0.220 e. The van der Waals surface area contributed by atoms with E-state index in [2.05, 4.69) is 24.4 Å². The summed E-state index contributed by atoms with van der Waals surface area (Å²) in [6.45, 7) is 2.74. The highest BCUT2D eigenvalue weighted by atomic mass is 16.5. The first-order chi connectivity index (χ1) is 16.7. The molecule has 0 heterocycles. The molecule has 0 spiro atoms. The molecule has 0 bridgehead atoms. The molecule has 4 nitrogen and oxygen atoms in total. The van der Waals surface area contributed by atoms with Crippen LogP contribution in [0, 0.1) is 0 Å². The molecule has 0 unspecified atom stereocenters. The minimum atomic E-state index is 0.0908. The number of phenolic OH excluding ortho intramolecular Hbond substituents is 1. The summed E-state index contributed by atoms with van der Waals surface area (Å²) in [5, 5.41) is 12.6. The number of carbonyl (C=O) groups excluding carboxylic acids is 1. The Labute approximate surface area is 209 Å². The molecule has 0 saturated carbocycles. The van der Waals surface area contributed by atoms with E-state index in [-0.39, 0.29) is 11.7 Å². The molecule has 34 heavy (non-hydrogen) atoms. The zero-order valence-electron chi connectivity index (χ0n) is 22.1. The van der Waals surface area contributed by atoms with E-state index in [9.17, 15) is 9.90 Å². The number of ether oxygens (including phenoxy) is 1. The predicted octanol–water partition coefficient (Wildman–Crippen LogP) is 8.61. The van der Waals surface area contributed by atoms with Gasteiger partial charge in [-0.25, -0.2) is 0 Å². The monoisotopic (exact) mass is 473 g/mol. The van der Waals surface area contributed by atoms with Crippen molar-refractivity contribution in [3.63, 3.8) is 0 Å². The van der Waals surface area contributed by atoms with E-state index in [0.717, 1.165) is 18.4 Å². The van der Waals surface area contributed by atoms with E-state index < -0.39 is 0 Å². The first-order valence-electron chi connectivity index (χ1n) is 13.9. The van der Waals surface area contributed by atoms with Crippen molar-refractivity contribution < 1.29 is 14.6 Å². The lowest BCUT2D eigenvalue weighted by atomic mass is 10.1. The van der Waals surface area contributed by atoms with Gasteiger partial charge in [-0.2, -0.15) is 0 Å². The molecule has 194 valence electrons. The average molecular weight is 474 g/mol. The van der Waals surface area contributed by atoms with Gasteiger partial charge in [-0.05, 0) is 49.8 Å². The lowest BCUT2D eigenvalue weighted by Gasteiger charge is -2.08. The minimum absolute atomic E-state index is 0.0908. The Bertz CT molecular complexity index is 656. The van der Waals surface area contributed by atoms with E-state index >= 15 is 0 Å². The second-order valence-corrected chi connectivity index (χ2v) is 9.53. The van der Waals surface area contributed by atoms with Crippen LogP contribution in [0.3, 0.4) is 0 Å². The van der Waals surface area contributed by atoms with Crippen LogP contribution in [0.5, 0.6) is 11.5 Å². The van der Waals surface area contributed by atoms with Gasteiger partial charge in [0.15, 0.2) is 11.5 Å². The number of rotatable bonds is 22. The number of carbonyl (C=O) groups is 1. The highest BCUT2D eigenvalue weighted by Gasteiger charge is 2.05. The molecule has 1 rings (SSSR count). The van der Waals surface area contributed by atoms with Gasteiger partial charge in [0.25, 0.3) is 0 Å². The number of benzene rings is 1. The third-order valence-corrected chi connectivity index (χ3v) is 6.40. The van der Waals surface area contributed by atoms with Crippen LogP contribution in [-0.4, -0.2) is 18.1 Å². The number of unbranched alkanes of at least 4 members (excludes halogenated alkanes) is 15. The normalized spacial score (nSPS) is 11.2. The van der Waals surface area contributed by atoms with E-state index in [1.54, 1.807) is 18.2 Å². The molecule has 1 aromatic rings. The molecule has 0 aliphatic carbocycles. The van der Waals surface area contributed by atoms with Crippen molar-refractivity contribution in [1.29, 1.82) is 0 Å². The highest BCUT2D eigenvalue weighted by Crippen LogP contribution is 2.26. The largest absolute Gasteiger partial charge is 0.504 e. The molecule has 0 atom stereocenters. The molecule has 0 aliphatic rings. The summed E-state index contributed by atoms with van der Waals surface area (Å²) in [5.74, 6) is 0.638. The first-order valence-corrected chi connectivity index (χ1v) is 13.9. The predicted molar refractivity (Wildman–Crippen MR) is 144 cm³/mol. The zero-order valence-corrected chi connectivity index (χ0v) is 22.1. The van der Waals surface area contributed by atoms with Crippen molar-refractivity contribution in [2.24, 2.45) is 0 Å². The van der Waals surface area contributed by atoms with Gasteiger partial charge in [-0.15, -0.1) is 0 Å². The van der Waals surface area contributed by atoms with Gasteiger partial charge in [-0.3, -0.25) is 4.79 Å². The number of allylic oxidation sites excluding steroid dienone is 2. The maximum atomic E-state index is 12.0. The van der Waals surface area contributed by atoms with Gasteiger partial charge in [0.2, 0.25) is 5.91 Å². The van der Waals surface area contributed by atoms with Crippen LogP contribution in [0.2, 0.25) is 0 Å². The number of aromatic hydroxyl groups is 1. The third-order valence-electron chi connectivity index (χ3n) is 6.40. The van der Waals surface area contributed by atoms with Gasteiger partial charge in [-0.1, -0.05) is 102 Å². The summed E-state index contributed by atoms with van der Waals surface area (Å²) in [7, 11) is 1.52. The molecular weight excluding hydrogens is 422 g/mol. The number of nitrogens with one attached hydrogen (secondary N) is 1. The Morgan fingerprint density at radius 3 is 1.91 bits per heavy atom. The number of hydrogen-bond acceptors (Lipinski definition) is 3. The Morgan fingerprint density at radius 2 is 1.35 bits per heavy atom. The van der Waals surface area contributed by atoms with Crippen molar-refractivity contribution in [3.8, 4) is 11.5 Å². The third kappa shape index (κ3) is 16.6. The van der Waals surface area contributed by atoms with Crippen LogP contribution in [-0.2, 0) is 11.3 Å². The number of amides is 1. The Kier molecular flexibility index (Phi) is 19.1. The summed E-state index contributed by atoms with van der Waals surface area (Å²) >= 11 is 0. The number of methoxy groups -OCH3 is 1. The van der Waals surface area contributed by atoms with Gasteiger partial charge < -0.3 is 15.2 Å². The molecule has 0 fully saturated rings. The van der Waals surface area contributed by atoms with Crippen molar-refractivity contribution in [1.82, 2.24) is 5.32 Å². The SMILES string of the molecule is CCCCCCCC/C=C\CCCCCCCCCCCC(=O)NCc1ccc(O)c(OC)c1. The van der Waals surface area contributed by atoms with Gasteiger partial charge >= 0.3 is 0 Å². The maximum Gasteiger partial charge on any atom is 0.220 e. The van der Waals surface area contributed by atoms with Gasteiger partial charge in [0.1, 0.15) is 0 Å². The average Bonchev–Trinajstić information content (AvgIpc) is 2.85. The number of phenols is 1. The van der Waals surface area contributed by atoms with Crippen LogP contribution >= 0.6 is 0 Å². The Morgan fingerprint density at radius 1 is 0.824 bits per heavy atom. The zero-order chi connectivity index (χ0) is 24.7. The standard InChI is InChI=1S/C30H51NO3/c1-3-4-5-6-7-8-9-10-11-12-13-14-15-16-17-18-19-20-21-22-30(33)31-26-27-23-24-28(32)29(25-27)34-2/h10-11,23-25,32H,3-9,12-22,26H2,1-2H3,(H,31,33)/b11-10-. The van der Waals surface area contributed by atoms with Gasteiger partial charge in [0, 0.05) is 13.0 Å². The van der Waals surface area contributed by atoms with Crippen molar-refractivity contribution in [2.45, 2.75) is 129 Å². The lowest BCUT2D eigenvalue weighted by Crippen LogP contribution is -2.22. The maximum absolute atomic E-state index is 12.0. The first kappa shape index (κ1) is 30.1. The van der Waals surface area contributed by atoms with Crippen molar-refractivity contribution in [2.75, 3.05) is 7.11 Å². The molecule has 0 saturated heterocycles. The fourth-order valence-electron chi connectivity index (χ4n) is 4.18. The summed E-state index contributed by atoms with van der Waals surface area (Å²) in [6, 6.07) is 5.14. The summed E-state index contributed by atoms with van der Waals surface area (Å²) < 4.78 is 5.10. The van der Waals surface area contributed by atoms with E-state index in [1.807, 2.05) is 0 Å². The molecule has 2 N–H and O–H groups in total. The fraction of sp³-hybridized carbons (Fsp3) is 0.700. The summed E-state index contributed by atoms with van der Waals surface area (Å²) in [4.78, 5) is 12.0. The van der Waals surface area contributed by atoms with E-state index in [1.165, 1.54) is 103 Å². The molecule has 0 aromatic heterocycles. The molecule has 4 heteroatoms. The second-order valence-electron chi connectivity index (χ2n) is 9.53. The lowest BCUT2D eigenvalue weighted by molar-refractivity contribution is -0.121. The van der Waals surface area contributed by atoms with Crippen LogP contribution in [0.4, 0.5) is 0 Å². The van der Waals surface area contributed by atoms with Crippen molar-refractivity contribution in [3.05, 3.63) is 35.9 Å². The van der Waals surface area contributed by atoms with Crippen LogP contribution in [0.25, 0.3) is 0 Å². The summed E-state index contributed by atoms with van der Waals surface area (Å²) in [5.41, 5.74) is 0.923. The molecule has 1 aromatic carbocycles. The van der Waals surface area contributed by atoms with E-state index in [0.29, 0.717) is 18.7 Å². The second kappa shape index (κ2) is 21.6. The number of hydrogen-bond donors (Lipinski definition) is 2. The van der Waals surface area contributed by atoms with Crippen LogP contribution < -0.4 is 10.1 Å². The van der Waals surface area contributed by atoms with Crippen LogP contribution in [0.1, 0.15) is 128 Å². The highest BCUT2D eigenvalue weighted by molar-refractivity contribution is 5.75. The van der Waals surface area contributed by atoms with Crippen molar-refractivity contribution >= 4 is 5.91 Å². The molecule has 0 radical (unpaired) electrons. The Balaban J connectivity index is 1.84. The summed E-state index contributed by atoms with van der Waals surface area (Å²) in [6.07, 6.45) is 27.5. The molecule has 0 aliphatic heterocycles. The van der Waals surface area contributed by atoms with E-state index in [4.69, 9.17) is 4.74 Å². The topological polar surface area (TPSA) is 58.6 Å². The van der Waals surface area contributed by atoms with Gasteiger partial charge in [0.05, 0.1) is 7.11 Å². The molecule has 1 amide bonds. The Hall–Kier alpha value is -1.97. The van der Waals surface area contributed by atoms with Crippen LogP contribution in [0.15, 0.2) is 30.4 Å². The fourth-order valence-corrected chi connectivity index (χ4v) is 4.18. The quantitative estimate of drug-likeness (QED) is 0.131. The molecular formula is C30H51NO3. The minimum Gasteiger partial charge on any atom is -0.504 e.